The van der Waals surface area contributed by atoms with Crippen molar-refractivity contribution in [3.05, 3.63) is 58.8 Å². The van der Waals surface area contributed by atoms with Crippen LogP contribution in [-0.2, 0) is 0 Å². The minimum absolute atomic E-state index is 0.414. The Hall–Kier alpha value is -3.10. The number of aliphatic imine (C=N–C) groups is 2. The van der Waals surface area contributed by atoms with Gasteiger partial charge in [0.1, 0.15) is 11.7 Å². The number of hydrogen-bond donors (Lipinski definition) is 4. The smallest absolute Gasteiger partial charge is 0.220 e. The van der Waals surface area contributed by atoms with Crippen LogP contribution in [0.1, 0.15) is 44.2 Å². The van der Waals surface area contributed by atoms with Gasteiger partial charge in [-0.2, -0.15) is 0 Å². The number of benzene rings is 1. The summed E-state index contributed by atoms with van der Waals surface area (Å²) < 4.78 is 0. The van der Waals surface area contributed by atoms with Crippen molar-refractivity contribution in [1.82, 2.24) is 20.5 Å². The number of allylic oxidation sites excluding steroid dienone is 1. The molecule has 9 heteroatoms. The zero-order valence-corrected chi connectivity index (χ0v) is 21.5. The molecule has 3 heterocycles. The van der Waals surface area contributed by atoms with Crippen LogP contribution in [0.25, 0.3) is 5.70 Å². The first-order valence-electron chi connectivity index (χ1n) is 12.3. The second-order valence-corrected chi connectivity index (χ2v) is 9.20. The molecule has 2 aromatic rings. The zero-order valence-electron chi connectivity index (χ0n) is 20.7. The predicted molar refractivity (Wildman–Crippen MR) is 147 cm³/mol. The Bertz CT molecular complexity index is 1070. The third-order valence-corrected chi connectivity index (χ3v) is 6.32. The molecule has 186 valence electrons. The molecule has 1 saturated heterocycles. The monoisotopic (exact) mass is 494 g/mol. The van der Waals surface area contributed by atoms with Gasteiger partial charge in [0.05, 0.1) is 10.7 Å². The van der Waals surface area contributed by atoms with Crippen LogP contribution in [0.3, 0.4) is 0 Å². The zero-order chi connectivity index (χ0) is 24.6. The third-order valence-electron chi connectivity index (χ3n) is 6.01. The molecule has 2 aliphatic heterocycles. The molecule has 1 unspecified atom stereocenters. The number of amidine groups is 1. The number of aryl methyl sites for hydroxylation is 1. The standard InChI is InChI=1S/C26H35ClN8/c1-4-5-6-10-22(32-24-18(2)8-7-9-21(24)27)20-11-12-23(29-17-20)33-25-30-19(3)31-26(34-25)35-15-13-28-14-16-35/h7-12,17,25,28,32H,4-6,13-16H2,1-3H3,(H,29,33)(H,30,31,34)/b22-10+. The summed E-state index contributed by atoms with van der Waals surface area (Å²) in [6.45, 7) is 9.95. The largest absolute Gasteiger partial charge is 0.354 e. The van der Waals surface area contributed by atoms with Crippen LogP contribution < -0.4 is 21.3 Å². The number of para-hydroxylation sites is 1. The molecule has 8 nitrogen and oxygen atoms in total. The molecular formula is C26H35ClN8. The molecule has 0 radical (unpaired) electrons. The third kappa shape index (κ3) is 6.74. The van der Waals surface area contributed by atoms with E-state index in [-0.39, 0.29) is 0 Å². The normalized spacial score (nSPS) is 18.5. The number of halogens is 1. The van der Waals surface area contributed by atoms with Gasteiger partial charge in [-0.25, -0.2) is 15.0 Å². The Labute approximate surface area is 213 Å². The average molecular weight is 495 g/mol. The topological polar surface area (TPSA) is 89.0 Å². The van der Waals surface area contributed by atoms with Crippen molar-refractivity contribution >= 4 is 40.6 Å². The number of pyridine rings is 1. The molecule has 0 amide bonds. The van der Waals surface area contributed by atoms with Crippen LogP contribution in [-0.4, -0.2) is 54.1 Å². The van der Waals surface area contributed by atoms with E-state index in [2.05, 4.69) is 68.2 Å². The fraction of sp³-hybridized carbons (Fsp3) is 0.423. The fourth-order valence-electron chi connectivity index (χ4n) is 4.04. The maximum atomic E-state index is 6.48. The van der Waals surface area contributed by atoms with Gasteiger partial charge in [-0.15, -0.1) is 0 Å². The Morgan fingerprint density at radius 2 is 2.00 bits per heavy atom. The number of unbranched alkanes of at least 4 members (excludes halogenated alkanes) is 2. The van der Waals surface area contributed by atoms with Gasteiger partial charge in [-0.3, -0.25) is 0 Å². The van der Waals surface area contributed by atoms with Crippen molar-refractivity contribution in [3.8, 4) is 0 Å². The van der Waals surface area contributed by atoms with Crippen molar-refractivity contribution in [2.24, 2.45) is 9.98 Å². The number of anilines is 2. The highest BCUT2D eigenvalue weighted by Crippen LogP contribution is 2.29. The highest BCUT2D eigenvalue weighted by atomic mass is 35.5. The molecule has 1 atom stereocenters. The van der Waals surface area contributed by atoms with Gasteiger partial charge < -0.3 is 26.2 Å². The highest BCUT2D eigenvalue weighted by molar-refractivity contribution is 6.33. The molecule has 1 aromatic carbocycles. The van der Waals surface area contributed by atoms with E-state index in [1.165, 1.54) is 0 Å². The fourth-order valence-corrected chi connectivity index (χ4v) is 4.31. The lowest BCUT2D eigenvalue weighted by Crippen LogP contribution is -2.53. The van der Waals surface area contributed by atoms with Gasteiger partial charge >= 0.3 is 0 Å². The second kappa shape index (κ2) is 12.0. The van der Waals surface area contributed by atoms with Gasteiger partial charge in [0, 0.05) is 43.6 Å². The summed E-state index contributed by atoms with van der Waals surface area (Å²) in [7, 11) is 0. The molecule has 35 heavy (non-hydrogen) atoms. The molecule has 1 fully saturated rings. The second-order valence-electron chi connectivity index (χ2n) is 8.80. The van der Waals surface area contributed by atoms with E-state index in [9.17, 15) is 0 Å². The van der Waals surface area contributed by atoms with Gasteiger partial charge in [0.15, 0.2) is 0 Å². The molecule has 4 N–H and O–H groups in total. The first-order valence-corrected chi connectivity index (χ1v) is 12.7. The predicted octanol–water partition coefficient (Wildman–Crippen LogP) is 4.66. The van der Waals surface area contributed by atoms with Crippen molar-refractivity contribution in [3.63, 3.8) is 0 Å². The molecule has 0 bridgehead atoms. The van der Waals surface area contributed by atoms with E-state index in [1.54, 1.807) is 0 Å². The van der Waals surface area contributed by atoms with E-state index in [1.807, 2.05) is 31.3 Å². The van der Waals surface area contributed by atoms with E-state index in [0.717, 1.165) is 85.6 Å². The van der Waals surface area contributed by atoms with Crippen molar-refractivity contribution in [2.75, 3.05) is 36.8 Å². The van der Waals surface area contributed by atoms with Crippen LogP contribution in [0.4, 0.5) is 11.5 Å². The lowest BCUT2D eigenvalue weighted by Gasteiger charge is -2.33. The van der Waals surface area contributed by atoms with Crippen LogP contribution in [0.5, 0.6) is 0 Å². The minimum Gasteiger partial charge on any atom is -0.354 e. The SMILES string of the molecule is CCCC/C=C(/Nc1c(C)cccc1Cl)c1ccc(NC2N=C(C)NC(N3CCNCC3)=N2)nc1. The number of rotatable bonds is 8. The Morgan fingerprint density at radius 1 is 1.17 bits per heavy atom. The first-order chi connectivity index (χ1) is 17.0. The number of piperazine rings is 1. The Balaban J connectivity index is 1.49. The molecular weight excluding hydrogens is 460 g/mol. The molecule has 0 saturated carbocycles. The summed E-state index contributed by atoms with van der Waals surface area (Å²) in [6, 6.07) is 9.96. The minimum atomic E-state index is -0.414. The lowest BCUT2D eigenvalue weighted by molar-refractivity contribution is 0.348. The van der Waals surface area contributed by atoms with Gasteiger partial charge in [-0.1, -0.05) is 43.2 Å². The first kappa shape index (κ1) is 25.0. The van der Waals surface area contributed by atoms with E-state index >= 15 is 0 Å². The van der Waals surface area contributed by atoms with Crippen LogP contribution in [0.2, 0.25) is 5.02 Å². The highest BCUT2D eigenvalue weighted by Gasteiger charge is 2.21. The number of guanidine groups is 1. The lowest BCUT2D eigenvalue weighted by atomic mass is 10.1. The van der Waals surface area contributed by atoms with Crippen molar-refractivity contribution in [2.45, 2.75) is 46.3 Å². The van der Waals surface area contributed by atoms with Gasteiger partial charge in [0.2, 0.25) is 12.2 Å². The number of nitrogens with zero attached hydrogens (tertiary/aromatic N) is 4. The van der Waals surface area contributed by atoms with Gasteiger partial charge in [-0.05, 0) is 50.5 Å². The summed E-state index contributed by atoms with van der Waals surface area (Å²) in [4.78, 5) is 16.3. The maximum Gasteiger partial charge on any atom is 0.220 e. The molecule has 0 aliphatic carbocycles. The van der Waals surface area contributed by atoms with E-state index in [4.69, 9.17) is 16.6 Å². The van der Waals surface area contributed by atoms with Crippen molar-refractivity contribution < 1.29 is 0 Å². The summed E-state index contributed by atoms with van der Waals surface area (Å²) >= 11 is 6.48. The number of nitrogens with one attached hydrogen (secondary N) is 4. The number of hydrogen-bond acceptors (Lipinski definition) is 8. The van der Waals surface area contributed by atoms with Crippen LogP contribution in [0.15, 0.2) is 52.6 Å². The number of aromatic nitrogens is 1. The molecule has 1 aromatic heterocycles. The summed E-state index contributed by atoms with van der Waals surface area (Å²) in [5, 5.41) is 14.3. The quantitative estimate of drug-likeness (QED) is 0.399. The van der Waals surface area contributed by atoms with Gasteiger partial charge in [0.25, 0.3) is 0 Å². The summed E-state index contributed by atoms with van der Waals surface area (Å²) in [6.07, 6.45) is 6.93. The van der Waals surface area contributed by atoms with E-state index in [0.29, 0.717) is 5.02 Å². The van der Waals surface area contributed by atoms with Crippen molar-refractivity contribution in [1.29, 1.82) is 0 Å². The molecule has 4 rings (SSSR count). The summed E-state index contributed by atoms with van der Waals surface area (Å²) in [5.74, 6) is 2.42. The Morgan fingerprint density at radius 3 is 2.71 bits per heavy atom. The molecule has 0 spiro atoms. The summed E-state index contributed by atoms with van der Waals surface area (Å²) in [5.41, 5.74) is 4.03. The van der Waals surface area contributed by atoms with E-state index < -0.39 is 6.29 Å². The maximum absolute atomic E-state index is 6.48. The van der Waals surface area contributed by atoms with Crippen LogP contribution >= 0.6 is 11.6 Å². The molecule has 2 aliphatic rings. The Kier molecular flexibility index (Phi) is 8.60. The van der Waals surface area contributed by atoms with Crippen LogP contribution in [0, 0.1) is 6.92 Å². The average Bonchev–Trinajstić information content (AvgIpc) is 2.86.